The average molecular weight is 246 g/mol. The monoisotopic (exact) mass is 245 g/mol. The molecule has 1 atom stereocenters. The highest BCUT2D eigenvalue weighted by Crippen LogP contribution is 2.26. The highest BCUT2D eigenvalue weighted by Gasteiger charge is 2.14. The first-order valence-corrected chi connectivity index (χ1v) is 4.28. The quantitative estimate of drug-likeness (QED) is 0.732. The molecule has 4 nitrogen and oxygen atoms in total. The van der Waals surface area contributed by atoms with Gasteiger partial charge < -0.3 is 15.9 Å². The Labute approximate surface area is 83.1 Å². The maximum Gasteiger partial charge on any atom is 0.325 e. The van der Waals surface area contributed by atoms with Crippen LogP contribution >= 0.6 is 15.9 Å². The third kappa shape index (κ3) is 2.19. The molecular formula is C8H8BrNO3. The van der Waals surface area contributed by atoms with Crippen LogP contribution in [0.1, 0.15) is 11.6 Å². The molecular weight excluding hydrogens is 238 g/mol. The van der Waals surface area contributed by atoms with Crippen LogP contribution in [0, 0.1) is 0 Å². The van der Waals surface area contributed by atoms with Gasteiger partial charge in [-0.15, -0.1) is 0 Å². The van der Waals surface area contributed by atoms with Crippen LogP contribution in [-0.2, 0) is 4.79 Å². The third-order valence-corrected chi connectivity index (χ3v) is 2.23. The molecule has 0 saturated carbocycles. The highest BCUT2D eigenvalue weighted by molar-refractivity contribution is 9.10. The summed E-state index contributed by atoms with van der Waals surface area (Å²) in [6.45, 7) is 0. The minimum absolute atomic E-state index is 0.0568. The normalized spacial score (nSPS) is 12.5. The Kier molecular flexibility index (Phi) is 2.90. The molecule has 0 aliphatic carbocycles. The Morgan fingerprint density at radius 3 is 2.62 bits per heavy atom. The molecule has 1 unspecified atom stereocenters. The van der Waals surface area contributed by atoms with E-state index in [0.29, 0.717) is 10.0 Å². The van der Waals surface area contributed by atoms with Crippen LogP contribution in [-0.4, -0.2) is 16.2 Å². The molecule has 0 amide bonds. The summed E-state index contributed by atoms with van der Waals surface area (Å²) >= 11 is 3.06. The first-order chi connectivity index (χ1) is 6.02. The Morgan fingerprint density at radius 1 is 1.54 bits per heavy atom. The van der Waals surface area contributed by atoms with Crippen LogP contribution in [0.4, 0.5) is 0 Å². The Morgan fingerprint density at radius 2 is 2.15 bits per heavy atom. The summed E-state index contributed by atoms with van der Waals surface area (Å²) in [6.07, 6.45) is 0. The number of aliphatic carboxylic acids is 1. The van der Waals surface area contributed by atoms with E-state index in [1.165, 1.54) is 18.2 Å². The molecule has 0 aromatic heterocycles. The van der Waals surface area contributed by atoms with Crippen molar-refractivity contribution in [1.29, 1.82) is 0 Å². The molecule has 0 bridgehead atoms. The first kappa shape index (κ1) is 10.0. The summed E-state index contributed by atoms with van der Waals surface area (Å²) in [5.41, 5.74) is 5.80. The lowest BCUT2D eigenvalue weighted by atomic mass is 10.1. The maximum absolute atomic E-state index is 10.5. The summed E-state index contributed by atoms with van der Waals surface area (Å²) in [4.78, 5) is 10.5. The summed E-state index contributed by atoms with van der Waals surface area (Å²) in [5, 5.41) is 17.7. The largest absolute Gasteiger partial charge is 0.507 e. The topological polar surface area (TPSA) is 83.6 Å². The number of nitrogens with two attached hydrogens (primary N) is 1. The molecule has 0 radical (unpaired) electrons. The minimum Gasteiger partial charge on any atom is -0.507 e. The van der Waals surface area contributed by atoms with Gasteiger partial charge in [-0.3, -0.25) is 4.79 Å². The van der Waals surface area contributed by atoms with E-state index in [9.17, 15) is 4.79 Å². The molecule has 70 valence electrons. The number of carboxylic acids is 1. The maximum atomic E-state index is 10.5. The van der Waals surface area contributed by atoms with E-state index in [2.05, 4.69) is 15.9 Å². The van der Waals surface area contributed by atoms with E-state index in [1.807, 2.05) is 0 Å². The number of carbonyl (C=O) groups is 1. The highest BCUT2D eigenvalue weighted by atomic mass is 79.9. The molecule has 1 aromatic carbocycles. The smallest absolute Gasteiger partial charge is 0.325 e. The second kappa shape index (κ2) is 3.76. The molecule has 1 rings (SSSR count). The lowest BCUT2D eigenvalue weighted by Gasteiger charge is -2.07. The second-order valence-corrected chi connectivity index (χ2v) is 3.38. The minimum atomic E-state index is -1.10. The number of phenols is 1. The van der Waals surface area contributed by atoms with Crippen molar-refractivity contribution in [3.05, 3.63) is 28.2 Å². The molecule has 0 saturated heterocycles. The number of carboxylic acid groups (broad SMARTS) is 1. The lowest BCUT2D eigenvalue weighted by molar-refractivity contribution is -0.138. The SMILES string of the molecule is NC(C(=O)O)c1ccc(O)c(Br)c1. The zero-order chi connectivity index (χ0) is 10.0. The van der Waals surface area contributed by atoms with Crippen LogP contribution in [0.15, 0.2) is 22.7 Å². The molecule has 0 heterocycles. The van der Waals surface area contributed by atoms with Gasteiger partial charge >= 0.3 is 5.97 Å². The van der Waals surface area contributed by atoms with Crippen molar-refractivity contribution in [2.24, 2.45) is 5.73 Å². The number of rotatable bonds is 2. The average Bonchev–Trinajstić information content (AvgIpc) is 2.08. The van der Waals surface area contributed by atoms with Crippen LogP contribution in [0.25, 0.3) is 0 Å². The summed E-state index contributed by atoms with van der Waals surface area (Å²) in [6, 6.07) is 3.28. The second-order valence-electron chi connectivity index (χ2n) is 2.53. The van der Waals surface area contributed by atoms with Gasteiger partial charge in [-0.25, -0.2) is 0 Å². The third-order valence-electron chi connectivity index (χ3n) is 1.60. The summed E-state index contributed by atoms with van der Waals surface area (Å²) < 4.78 is 0.432. The summed E-state index contributed by atoms with van der Waals surface area (Å²) in [7, 11) is 0. The van der Waals surface area contributed by atoms with Gasteiger partial charge in [-0.05, 0) is 33.6 Å². The molecule has 0 aliphatic heterocycles. The van der Waals surface area contributed by atoms with Crippen molar-refractivity contribution >= 4 is 21.9 Å². The molecule has 0 aliphatic rings. The van der Waals surface area contributed by atoms with Gasteiger partial charge in [0.15, 0.2) is 0 Å². The molecule has 0 spiro atoms. The van der Waals surface area contributed by atoms with Gasteiger partial charge in [0.1, 0.15) is 11.8 Å². The fraction of sp³-hybridized carbons (Fsp3) is 0.125. The predicted molar refractivity (Wildman–Crippen MR) is 50.4 cm³/mol. The van der Waals surface area contributed by atoms with Crippen LogP contribution in [0.2, 0.25) is 0 Å². The zero-order valence-corrected chi connectivity index (χ0v) is 8.15. The van der Waals surface area contributed by atoms with Gasteiger partial charge in [-0.2, -0.15) is 0 Å². The number of aromatic hydroxyl groups is 1. The zero-order valence-electron chi connectivity index (χ0n) is 6.57. The molecule has 5 heteroatoms. The van der Waals surface area contributed by atoms with Crippen LogP contribution in [0.3, 0.4) is 0 Å². The van der Waals surface area contributed by atoms with E-state index in [4.69, 9.17) is 15.9 Å². The number of hydrogen-bond donors (Lipinski definition) is 3. The Balaban J connectivity index is 3.03. The van der Waals surface area contributed by atoms with Gasteiger partial charge in [0.2, 0.25) is 0 Å². The number of halogens is 1. The van der Waals surface area contributed by atoms with Crippen molar-refractivity contribution in [2.45, 2.75) is 6.04 Å². The van der Waals surface area contributed by atoms with E-state index in [-0.39, 0.29) is 5.75 Å². The van der Waals surface area contributed by atoms with Crippen LogP contribution < -0.4 is 5.73 Å². The Bertz CT molecular complexity index is 340. The van der Waals surface area contributed by atoms with Crippen molar-refractivity contribution in [1.82, 2.24) is 0 Å². The fourth-order valence-electron chi connectivity index (χ4n) is 0.859. The molecule has 13 heavy (non-hydrogen) atoms. The van der Waals surface area contributed by atoms with E-state index in [0.717, 1.165) is 0 Å². The molecule has 4 N–H and O–H groups in total. The van der Waals surface area contributed by atoms with Crippen molar-refractivity contribution in [2.75, 3.05) is 0 Å². The first-order valence-electron chi connectivity index (χ1n) is 3.49. The van der Waals surface area contributed by atoms with Crippen molar-refractivity contribution < 1.29 is 15.0 Å². The Hall–Kier alpha value is -1.07. The number of benzene rings is 1. The number of phenolic OH excluding ortho intramolecular Hbond substituents is 1. The number of hydrogen-bond acceptors (Lipinski definition) is 3. The van der Waals surface area contributed by atoms with E-state index >= 15 is 0 Å². The van der Waals surface area contributed by atoms with E-state index in [1.54, 1.807) is 0 Å². The molecule has 1 aromatic rings. The molecule has 0 fully saturated rings. The fourth-order valence-corrected chi connectivity index (χ4v) is 1.26. The van der Waals surface area contributed by atoms with E-state index < -0.39 is 12.0 Å². The predicted octanol–water partition coefficient (Wildman–Crippen LogP) is 1.24. The lowest BCUT2D eigenvalue weighted by Crippen LogP contribution is -2.20. The van der Waals surface area contributed by atoms with Gasteiger partial charge in [0, 0.05) is 0 Å². The van der Waals surface area contributed by atoms with Crippen molar-refractivity contribution in [3.8, 4) is 5.75 Å². The van der Waals surface area contributed by atoms with Gasteiger partial charge in [0.05, 0.1) is 4.47 Å². The summed E-state index contributed by atoms with van der Waals surface area (Å²) in [5.74, 6) is -1.04. The van der Waals surface area contributed by atoms with Crippen LogP contribution in [0.5, 0.6) is 5.75 Å². The van der Waals surface area contributed by atoms with Gasteiger partial charge in [0.25, 0.3) is 0 Å². The van der Waals surface area contributed by atoms with Crippen molar-refractivity contribution in [3.63, 3.8) is 0 Å². The van der Waals surface area contributed by atoms with Gasteiger partial charge in [-0.1, -0.05) is 6.07 Å². The standard InChI is InChI=1S/C8H8BrNO3/c9-5-3-4(1-2-6(5)11)7(10)8(12)13/h1-3,7,11H,10H2,(H,12,13).